The highest BCUT2D eigenvalue weighted by molar-refractivity contribution is 5.94. The van der Waals surface area contributed by atoms with E-state index in [0.717, 1.165) is 6.42 Å². The van der Waals surface area contributed by atoms with Gasteiger partial charge >= 0.3 is 5.97 Å². The molecular formula is C15H19N3O4. The average molecular weight is 305 g/mol. The summed E-state index contributed by atoms with van der Waals surface area (Å²) >= 11 is 0. The average Bonchev–Trinajstić information content (AvgIpc) is 2.55. The molecule has 7 nitrogen and oxygen atoms in total. The Morgan fingerprint density at radius 2 is 2.05 bits per heavy atom. The molecule has 2 N–H and O–H groups in total. The van der Waals surface area contributed by atoms with Crippen LogP contribution in [-0.2, 0) is 9.59 Å². The monoisotopic (exact) mass is 305 g/mol. The first-order chi connectivity index (χ1) is 10.5. The zero-order valence-electron chi connectivity index (χ0n) is 12.4. The van der Waals surface area contributed by atoms with Crippen molar-refractivity contribution in [3.63, 3.8) is 0 Å². The van der Waals surface area contributed by atoms with Crippen molar-refractivity contribution in [3.8, 4) is 0 Å². The lowest BCUT2D eigenvalue weighted by atomic mass is 9.96. The highest BCUT2D eigenvalue weighted by atomic mass is 16.4. The van der Waals surface area contributed by atoms with Gasteiger partial charge in [-0.2, -0.15) is 0 Å². The second kappa shape index (κ2) is 7.02. The number of hydrogen-bond acceptors (Lipinski definition) is 4. The van der Waals surface area contributed by atoms with E-state index >= 15 is 0 Å². The maximum atomic E-state index is 12.4. The third-order valence-corrected chi connectivity index (χ3v) is 3.74. The Balaban J connectivity index is 1.98. The third-order valence-electron chi connectivity index (χ3n) is 3.74. The number of aliphatic carboxylic acids is 1. The molecule has 1 fully saturated rings. The molecule has 2 unspecified atom stereocenters. The van der Waals surface area contributed by atoms with Crippen molar-refractivity contribution in [2.24, 2.45) is 5.92 Å². The number of pyridine rings is 1. The Labute approximate surface area is 128 Å². The van der Waals surface area contributed by atoms with Crippen molar-refractivity contribution in [2.75, 3.05) is 13.1 Å². The van der Waals surface area contributed by atoms with Crippen LogP contribution in [0.15, 0.2) is 24.5 Å². The number of rotatable bonds is 4. The first-order valence-electron chi connectivity index (χ1n) is 7.21. The first kappa shape index (κ1) is 15.9. The lowest BCUT2D eigenvalue weighted by Gasteiger charge is -2.32. The van der Waals surface area contributed by atoms with Crippen molar-refractivity contribution in [1.29, 1.82) is 0 Å². The maximum absolute atomic E-state index is 12.4. The predicted molar refractivity (Wildman–Crippen MR) is 78.1 cm³/mol. The molecule has 1 aromatic rings. The van der Waals surface area contributed by atoms with Gasteiger partial charge < -0.3 is 15.3 Å². The normalized spacial score (nSPS) is 19.3. The molecule has 1 aromatic heterocycles. The fourth-order valence-corrected chi connectivity index (χ4v) is 2.45. The summed E-state index contributed by atoms with van der Waals surface area (Å²) in [7, 11) is 0. The number of nitrogens with zero attached hydrogens (tertiary/aromatic N) is 2. The van der Waals surface area contributed by atoms with Crippen LogP contribution in [-0.4, -0.2) is 51.9 Å². The van der Waals surface area contributed by atoms with Crippen molar-refractivity contribution < 1.29 is 19.5 Å². The van der Waals surface area contributed by atoms with E-state index < -0.39 is 12.0 Å². The molecule has 0 bridgehead atoms. The van der Waals surface area contributed by atoms with Crippen LogP contribution >= 0.6 is 0 Å². The van der Waals surface area contributed by atoms with Crippen LogP contribution in [0.2, 0.25) is 0 Å². The van der Waals surface area contributed by atoms with E-state index in [1.807, 2.05) is 0 Å². The summed E-state index contributed by atoms with van der Waals surface area (Å²) < 4.78 is 0. The summed E-state index contributed by atoms with van der Waals surface area (Å²) in [6, 6.07) is 2.34. The van der Waals surface area contributed by atoms with Crippen LogP contribution in [0.1, 0.15) is 30.1 Å². The summed E-state index contributed by atoms with van der Waals surface area (Å²) in [5.74, 6) is -1.90. The number of hydrogen-bond donors (Lipinski definition) is 2. The second-order valence-electron chi connectivity index (χ2n) is 5.39. The summed E-state index contributed by atoms with van der Waals surface area (Å²) in [6.07, 6.45) is 4.47. The van der Waals surface area contributed by atoms with Crippen LogP contribution in [0.5, 0.6) is 0 Å². The molecule has 2 rings (SSSR count). The number of amides is 2. The van der Waals surface area contributed by atoms with Gasteiger partial charge in [0.15, 0.2) is 0 Å². The minimum atomic E-state index is -1.08. The Morgan fingerprint density at radius 1 is 1.36 bits per heavy atom. The Morgan fingerprint density at radius 3 is 2.68 bits per heavy atom. The van der Waals surface area contributed by atoms with E-state index in [-0.39, 0.29) is 17.7 Å². The molecule has 0 aromatic carbocycles. The van der Waals surface area contributed by atoms with Gasteiger partial charge in [-0.05, 0) is 31.9 Å². The van der Waals surface area contributed by atoms with E-state index in [1.165, 1.54) is 6.92 Å². The molecule has 22 heavy (non-hydrogen) atoms. The van der Waals surface area contributed by atoms with E-state index in [1.54, 1.807) is 29.4 Å². The predicted octanol–water partition coefficient (Wildman–Crippen LogP) is 0.523. The van der Waals surface area contributed by atoms with E-state index in [2.05, 4.69) is 10.3 Å². The van der Waals surface area contributed by atoms with Crippen LogP contribution < -0.4 is 5.32 Å². The molecule has 2 amide bonds. The van der Waals surface area contributed by atoms with Gasteiger partial charge in [0.1, 0.15) is 6.04 Å². The largest absolute Gasteiger partial charge is 0.480 e. The molecule has 2 heterocycles. The van der Waals surface area contributed by atoms with E-state index in [4.69, 9.17) is 5.11 Å². The van der Waals surface area contributed by atoms with Gasteiger partial charge in [-0.1, -0.05) is 0 Å². The number of carboxylic acid groups (broad SMARTS) is 1. The molecular weight excluding hydrogens is 286 g/mol. The van der Waals surface area contributed by atoms with Gasteiger partial charge in [-0.15, -0.1) is 0 Å². The third kappa shape index (κ3) is 3.81. The van der Waals surface area contributed by atoms with Gasteiger partial charge in [0.2, 0.25) is 5.91 Å². The SMILES string of the molecule is CC(NC(=O)C1CCCN(C(=O)c2ccncc2)C1)C(=O)O. The molecule has 2 atom stereocenters. The van der Waals surface area contributed by atoms with Crippen molar-refractivity contribution in [1.82, 2.24) is 15.2 Å². The van der Waals surface area contributed by atoms with Gasteiger partial charge in [-0.25, -0.2) is 0 Å². The minimum Gasteiger partial charge on any atom is -0.480 e. The summed E-state index contributed by atoms with van der Waals surface area (Å²) in [5.41, 5.74) is 0.537. The lowest BCUT2D eigenvalue weighted by molar-refractivity contribution is -0.142. The lowest BCUT2D eigenvalue weighted by Crippen LogP contribution is -2.48. The van der Waals surface area contributed by atoms with Gasteiger partial charge in [0.05, 0.1) is 5.92 Å². The number of nitrogens with one attached hydrogen (secondary N) is 1. The zero-order valence-corrected chi connectivity index (χ0v) is 12.4. The molecule has 0 saturated carbocycles. The molecule has 1 aliphatic rings. The number of likely N-dealkylation sites (tertiary alicyclic amines) is 1. The fourth-order valence-electron chi connectivity index (χ4n) is 2.45. The van der Waals surface area contributed by atoms with Crippen molar-refractivity contribution >= 4 is 17.8 Å². The number of carbonyl (C=O) groups excluding carboxylic acids is 2. The van der Waals surface area contributed by atoms with Crippen LogP contribution in [0.25, 0.3) is 0 Å². The minimum absolute atomic E-state index is 0.133. The van der Waals surface area contributed by atoms with Gasteiger partial charge in [0, 0.05) is 31.0 Å². The Bertz CT molecular complexity index is 561. The van der Waals surface area contributed by atoms with Crippen molar-refractivity contribution in [2.45, 2.75) is 25.8 Å². The second-order valence-corrected chi connectivity index (χ2v) is 5.39. The highest BCUT2D eigenvalue weighted by Crippen LogP contribution is 2.19. The molecule has 118 valence electrons. The Kier molecular flexibility index (Phi) is 5.08. The van der Waals surface area contributed by atoms with Gasteiger partial charge in [0.25, 0.3) is 5.91 Å². The molecule has 1 saturated heterocycles. The van der Waals surface area contributed by atoms with Gasteiger partial charge in [-0.3, -0.25) is 19.4 Å². The number of aromatic nitrogens is 1. The van der Waals surface area contributed by atoms with Crippen LogP contribution in [0.3, 0.4) is 0 Å². The number of carboxylic acids is 1. The molecule has 1 aliphatic heterocycles. The standard InChI is InChI=1S/C15H19N3O4/c1-10(15(21)22)17-13(19)12-3-2-8-18(9-12)14(20)11-4-6-16-7-5-11/h4-7,10,12H,2-3,8-9H2,1H3,(H,17,19)(H,21,22). The zero-order chi connectivity index (χ0) is 16.1. The molecule has 0 aliphatic carbocycles. The van der Waals surface area contributed by atoms with Crippen molar-refractivity contribution in [3.05, 3.63) is 30.1 Å². The van der Waals surface area contributed by atoms with E-state index in [0.29, 0.717) is 25.1 Å². The maximum Gasteiger partial charge on any atom is 0.325 e. The molecule has 7 heteroatoms. The van der Waals surface area contributed by atoms with Crippen LogP contribution in [0, 0.1) is 5.92 Å². The number of piperidine rings is 1. The summed E-state index contributed by atoms with van der Waals surface area (Å²) in [5, 5.41) is 11.3. The highest BCUT2D eigenvalue weighted by Gasteiger charge is 2.30. The topological polar surface area (TPSA) is 99.6 Å². The molecule has 0 spiro atoms. The van der Waals surface area contributed by atoms with E-state index in [9.17, 15) is 14.4 Å². The smallest absolute Gasteiger partial charge is 0.325 e. The summed E-state index contributed by atoms with van der Waals surface area (Å²) in [6.45, 7) is 2.32. The quantitative estimate of drug-likeness (QED) is 0.845. The summed E-state index contributed by atoms with van der Waals surface area (Å²) in [4.78, 5) is 40.8. The fraction of sp³-hybridized carbons (Fsp3) is 0.467. The Hall–Kier alpha value is -2.44. The molecule has 0 radical (unpaired) electrons. The van der Waals surface area contributed by atoms with Crippen LogP contribution in [0.4, 0.5) is 0 Å². The first-order valence-corrected chi connectivity index (χ1v) is 7.21. The number of carbonyl (C=O) groups is 3.